The second-order valence-electron chi connectivity index (χ2n) is 6.16. The highest BCUT2D eigenvalue weighted by molar-refractivity contribution is 5.69. The number of rotatable bonds is 7. The summed E-state index contributed by atoms with van der Waals surface area (Å²) in [5.41, 5.74) is 0. The second-order valence-corrected chi connectivity index (χ2v) is 6.16. The van der Waals surface area contributed by atoms with Gasteiger partial charge >= 0.3 is 29.8 Å². The highest BCUT2D eigenvalue weighted by atomic mass is 16.7. The van der Waals surface area contributed by atoms with Gasteiger partial charge in [-0.05, 0) is 0 Å². The summed E-state index contributed by atoms with van der Waals surface area (Å²) in [6.45, 7) is 4.84. The van der Waals surface area contributed by atoms with Crippen LogP contribution < -0.4 is 0 Å². The molecule has 12 nitrogen and oxygen atoms in total. The van der Waals surface area contributed by atoms with Crippen LogP contribution >= 0.6 is 0 Å². The molecule has 0 aromatic heterocycles. The summed E-state index contributed by atoms with van der Waals surface area (Å²) in [4.78, 5) is 57.2. The van der Waals surface area contributed by atoms with Crippen LogP contribution in [-0.4, -0.2) is 78.4 Å². The van der Waals surface area contributed by atoms with E-state index in [1.165, 1.54) is 0 Å². The number of aliphatic hydroxyl groups is 1. The maximum Gasteiger partial charge on any atom is 0.303 e. The Hall–Kier alpha value is -2.73. The minimum absolute atomic E-state index is 0.505. The average Bonchev–Trinajstić information content (AvgIpc) is 2.55. The van der Waals surface area contributed by atoms with E-state index >= 15 is 0 Å². The third-order valence-electron chi connectivity index (χ3n) is 3.59. The van der Waals surface area contributed by atoms with E-state index in [0.717, 1.165) is 34.6 Å². The lowest BCUT2D eigenvalue weighted by Gasteiger charge is -2.44. The van der Waals surface area contributed by atoms with Gasteiger partial charge in [0.2, 0.25) is 0 Å². The molecule has 1 N–H and O–H groups in total. The van der Waals surface area contributed by atoms with Crippen molar-refractivity contribution in [3.63, 3.8) is 0 Å². The van der Waals surface area contributed by atoms with Crippen LogP contribution in [0.1, 0.15) is 34.6 Å². The van der Waals surface area contributed by atoms with Crippen molar-refractivity contribution in [1.29, 1.82) is 0 Å². The third kappa shape index (κ3) is 7.66. The smallest absolute Gasteiger partial charge is 0.303 e. The molecule has 0 aromatic carbocycles. The van der Waals surface area contributed by atoms with Crippen LogP contribution in [0.5, 0.6) is 0 Å². The topological polar surface area (TPSA) is 161 Å². The minimum atomic E-state index is -1.84. The molecule has 0 amide bonds. The maximum absolute atomic E-state index is 11.6. The van der Waals surface area contributed by atoms with Gasteiger partial charge in [0.05, 0.1) is 0 Å². The van der Waals surface area contributed by atoms with Gasteiger partial charge in [-0.3, -0.25) is 24.0 Å². The SMILES string of the molecule is CC(=O)OC[C@@H](OC(C)=O)[C@H]1O[C@H](O)[C@@H](OC(C)=O)[C@@H](OC(C)=O)[C@@H]1OC(C)=O. The van der Waals surface area contributed by atoms with Crippen molar-refractivity contribution in [3.8, 4) is 0 Å². The Kier molecular flexibility index (Phi) is 8.98. The lowest BCUT2D eigenvalue weighted by atomic mass is 9.94. The van der Waals surface area contributed by atoms with Crippen molar-refractivity contribution in [2.45, 2.75) is 71.4 Å². The van der Waals surface area contributed by atoms with Gasteiger partial charge in [0.1, 0.15) is 12.7 Å². The number of hydrogen-bond donors (Lipinski definition) is 1. The van der Waals surface area contributed by atoms with Gasteiger partial charge < -0.3 is 33.5 Å². The molecule has 0 unspecified atom stereocenters. The summed E-state index contributed by atoms with van der Waals surface area (Å²) in [7, 11) is 0. The van der Waals surface area contributed by atoms with E-state index in [-0.39, 0.29) is 0 Å². The second kappa shape index (κ2) is 10.7. The summed E-state index contributed by atoms with van der Waals surface area (Å²) in [6, 6.07) is 0. The number of carbonyl (C=O) groups excluding carboxylic acids is 5. The molecule has 0 aliphatic carbocycles. The molecule has 12 heteroatoms. The molecule has 29 heavy (non-hydrogen) atoms. The van der Waals surface area contributed by atoms with Crippen molar-refractivity contribution < 1.29 is 57.5 Å². The quantitative estimate of drug-likeness (QED) is 0.395. The number of aliphatic hydroxyl groups excluding tert-OH is 1. The summed E-state index contributed by atoms with van der Waals surface area (Å²) in [5, 5.41) is 10.3. The van der Waals surface area contributed by atoms with Crippen LogP contribution in [0.2, 0.25) is 0 Å². The van der Waals surface area contributed by atoms with E-state index < -0.39 is 73.3 Å². The summed E-state index contributed by atoms with van der Waals surface area (Å²) in [5.74, 6) is -3.97. The molecular formula is C17H24O12. The standard InChI is InChI=1S/C17H24O12/c1-7(18)24-6-12(25-8(2)19)13-14(26-9(3)20)15(27-10(4)21)16(17(23)29-13)28-11(5)22/h12-17,23H,6H2,1-5H3/t12-,13-,14-,15+,16+,17+/m1/s1. The van der Waals surface area contributed by atoms with Gasteiger partial charge in [-0.25, -0.2) is 0 Å². The molecule has 1 aliphatic rings. The monoisotopic (exact) mass is 420 g/mol. The van der Waals surface area contributed by atoms with Crippen LogP contribution in [0.25, 0.3) is 0 Å². The first kappa shape index (κ1) is 24.3. The Bertz CT molecular complexity index is 644. The summed E-state index contributed by atoms with van der Waals surface area (Å²) >= 11 is 0. The van der Waals surface area contributed by atoms with Crippen LogP contribution in [0.15, 0.2) is 0 Å². The van der Waals surface area contributed by atoms with Gasteiger partial charge in [-0.15, -0.1) is 0 Å². The Morgan fingerprint density at radius 1 is 0.759 bits per heavy atom. The highest BCUT2D eigenvalue weighted by Gasteiger charge is 2.54. The van der Waals surface area contributed by atoms with Crippen molar-refractivity contribution >= 4 is 29.8 Å². The number of ether oxygens (including phenoxy) is 6. The van der Waals surface area contributed by atoms with Crippen molar-refractivity contribution in [2.24, 2.45) is 0 Å². The Labute approximate surface area is 166 Å². The molecule has 164 valence electrons. The molecule has 1 saturated heterocycles. The van der Waals surface area contributed by atoms with Crippen LogP contribution in [-0.2, 0) is 52.4 Å². The van der Waals surface area contributed by atoms with E-state index in [2.05, 4.69) is 0 Å². The Balaban J connectivity index is 3.34. The predicted molar refractivity (Wildman–Crippen MR) is 89.7 cm³/mol. The normalized spacial score (nSPS) is 27.2. The Morgan fingerprint density at radius 2 is 1.24 bits per heavy atom. The molecule has 0 spiro atoms. The zero-order valence-corrected chi connectivity index (χ0v) is 16.6. The predicted octanol–water partition coefficient (Wildman–Crippen LogP) is -1.01. The van der Waals surface area contributed by atoms with Gasteiger partial charge in [0.25, 0.3) is 0 Å². The van der Waals surface area contributed by atoms with E-state index in [1.807, 2.05) is 0 Å². The van der Waals surface area contributed by atoms with Crippen LogP contribution in [0, 0.1) is 0 Å². The fourth-order valence-electron chi connectivity index (χ4n) is 2.73. The Morgan fingerprint density at radius 3 is 1.69 bits per heavy atom. The van der Waals surface area contributed by atoms with Crippen molar-refractivity contribution in [2.75, 3.05) is 6.61 Å². The number of hydrogen-bond acceptors (Lipinski definition) is 12. The largest absolute Gasteiger partial charge is 0.462 e. The average molecular weight is 420 g/mol. The van der Waals surface area contributed by atoms with Crippen LogP contribution in [0.4, 0.5) is 0 Å². The van der Waals surface area contributed by atoms with E-state index in [1.54, 1.807) is 0 Å². The lowest BCUT2D eigenvalue weighted by molar-refractivity contribution is -0.306. The third-order valence-corrected chi connectivity index (χ3v) is 3.59. The molecule has 1 rings (SSSR count). The van der Waals surface area contributed by atoms with E-state index in [0.29, 0.717) is 0 Å². The molecule has 1 aliphatic heterocycles. The fourth-order valence-corrected chi connectivity index (χ4v) is 2.73. The van der Waals surface area contributed by atoms with Crippen molar-refractivity contribution in [1.82, 2.24) is 0 Å². The molecule has 1 fully saturated rings. The number of carbonyl (C=O) groups is 5. The number of esters is 5. The molecule has 0 aromatic rings. The van der Waals surface area contributed by atoms with E-state index in [9.17, 15) is 29.1 Å². The van der Waals surface area contributed by atoms with Gasteiger partial charge in [-0.2, -0.15) is 0 Å². The van der Waals surface area contributed by atoms with E-state index in [4.69, 9.17) is 28.4 Å². The summed E-state index contributed by atoms with van der Waals surface area (Å²) < 4.78 is 30.5. The van der Waals surface area contributed by atoms with Crippen molar-refractivity contribution in [3.05, 3.63) is 0 Å². The molecular weight excluding hydrogens is 396 g/mol. The summed E-state index contributed by atoms with van der Waals surface area (Å²) in [6.07, 6.45) is -9.10. The van der Waals surface area contributed by atoms with Gasteiger partial charge in [0.15, 0.2) is 30.7 Å². The molecule has 0 saturated carbocycles. The molecule has 1 heterocycles. The fraction of sp³-hybridized carbons (Fsp3) is 0.706. The first-order valence-corrected chi connectivity index (χ1v) is 8.58. The van der Waals surface area contributed by atoms with Gasteiger partial charge in [0, 0.05) is 34.6 Å². The molecule has 0 radical (unpaired) electrons. The first-order chi connectivity index (χ1) is 13.4. The van der Waals surface area contributed by atoms with Crippen LogP contribution in [0.3, 0.4) is 0 Å². The lowest BCUT2D eigenvalue weighted by Crippen LogP contribution is -2.64. The van der Waals surface area contributed by atoms with Gasteiger partial charge in [-0.1, -0.05) is 0 Å². The minimum Gasteiger partial charge on any atom is -0.462 e. The first-order valence-electron chi connectivity index (χ1n) is 8.58. The zero-order chi connectivity index (χ0) is 22.3. The maximum atomic E-state index is 11.6. The molecule has 0 bridgehead atoms. The zero-order valence-electron chi connectivity index (χ0n) is 16.6. The highest BCUT2D eigenvalue weighted by Crippen LogP contribution is 2.30. The molecule has 6 atom stereocenters.